The van der Waals surface area contributed by atoms with E-state index in [-0.39, 0.29) is 6.04 Å². The van der Waals surface area contributed by atoms with E-state index in [2.05, 4.69) is 46.0 Å². The van der Waals surface area contributed by atoms with Gasteiger partial charge in [-0.1, -0.05) is 42.1 Å². The maximum atomic E-state index is 10.2. The van der Waals surface area contributed by atoms with E-state index < -0.39 is 5.60 Å². The van der Waals surface area contributed by atoms with Crippen molar-refractivity contribution < 1.29 is 5.11 Å². The van der Waals surface area contributed by atoms with Crippen LogP contribution in [0.3, 0.4) is 0 Å². The van der Waals surface area contributed by atoms with E-state index in [1.54, 1.807) is 25.4 Å². The normalized spacial score (nSPS) is 13.2. The summed E-state index contributed by atoms with van der Waals surface area (Å²) in [4.78, 5) is 13.6. The van der Waals surface area contributed by atoms with Gasteiger partial charge in [-0.3, -0.25) is 0 Å². The lowest BCUT2D eigenvalue weighted by Crippen LogP contribution is -2.19. The maximum absolute atomic E-state index is 10.2. The molecule has 0 amide bonds. The first-order valence-corrected chi connectivity index (χ1v) is 10.1. The van der Waals surface area contributed by atoms with E-state index in [1.165, 1.54) is 0 Å². The van der Waals surface area contributed by atoms with Crippen molar-refractivity contribution >= 4 is 40.2 Å². The standard InChI is InChI=1S/C21H23Cl2N5O/c1-5-21(4,29)9-8-17-26-19(18-20(27-17)28(12-25-18)13(2)3)24-11-14-6-7-15(22)16(23)10-14/h6-7,10,12-13,29H,5,11H2,1-4H3,(H,24,26,27)/t21-/m1/s1. The van der Waals surface area contributed by atoms with Crippen LogP contribution in [-0.4, -0.2) is 30.2 Å². The van der Waals surface area contributed by atoms with E-state index >= 15 is 0 Å². The molecule has 8 heteroatoms. The number of aromatic nitrogens is 4. The molecular formula is C21H23Cl2N5O. The fourth-order valence-corrected chi connectivity index (χ4v) is 2.91. The quantitative estimate of drug-likeness (QED) is 0.565. The Morgan fingerprint density at radius 1 is 1.24 bits per heavy atom. The minimum Gasteiger partial charge on any atom is -0.378 e. The molecule has 0 unspecified atom stereocenters. The van der Waals surface area contributed by atoms with Crippen LogP contribution in [0.15, 0.2) is 24.5 Å². The topological polar surface area (TPSA) is 75.9 Å². The summed E-state index contributed by atoms with van der Waals surface area (Å²) in [5, 5.41) is 14.5. The fourth-order valence-electron chi connectivity index (χ4n) is 2.59. The van der Waals surface area contributed by atoms with Crippen molar-refractivity contribution in [3.8, 4) is 11.8 Å². The second-order valence-electron chi connectivity index (χ2n) is 7.29. The molecule has 1 aromatic carbocycles. The summed E-state index contributed by atoms with van der Waals surface area (Å²) in [7, 11) is 0. The molecule has 0 saturated heterocycles. The number of nitrogens with one attached hydrogen (secondary N) is 1. The Hall–Kier alpha value is -2.33. The number of aliphatic hydroxyl groups is 1. The first kappa shape index (κ1) is 21.4. The molecule has 0 spiro atoms. The summed E-state index contributed by atoms with van der Waals surface area (Å²) < 4.78 is 1.96. The fraction of sp³-hybridized carbons (Fsp3) is 0.381. The van der Waals surface area contributed by atoms with Gasteiger partial charge in [-0.2, -0.15) is 0 Å². The highest BCUT2D eigenvalue weighted by Gasteiger charge is 2.16. The number of benzene rings is 1. The Labute approximate surface area is 180 Å². The molecule has 6 nitrogen and oxygen atoms in total. The Balaban J connectivity index is 2.01. The molecular weight excluding hydrogens is 409 g/mol. The predicted molar refractivity (Wildman–Crippen MR) is 117 cm³/mol. The van der Waals surface area contributed by atoms with Crippen LogP contribution in [0.1, 0.15) is 51.5 Å². The van der Waals surface area contributed by atoms with E-state index in [1.807, 2.05) is 17.6 Å². The number of halogens is 2. The Morgan fingerprint density at radius 2 is 2.00 bits per heavy atom. The van der Waals surface area contributed by atoms with Gasteiger partial charge in [-0.15, -0.1) is 0 Å². The molecule has 3 aromatic rings. The van der Waals surface area contributed by atoms with Crippen LogP contribution in [0.4, 0.5) is 5.82 Å². The van der Waals surface area contributed by atoms with Gasteiger partial charge in [0.05, 0.1) is 16.4 Å². The Bertz CT molecular complexity index is 1100. The number of imidazole rings is 1. The molecule has 0 bridgehead atoms. The molecule has 0 aliphatic rings. The summed E-state index contributed by atoms with van der Waals surface area (Å²) in [6.07, 6.45) is 2.25. The number of hydrogen-bond donors (Lipinski definition) is 2. The van der Waals surface area contributed by atoms with Crippen molar-refractivity contribution in [3.05, 3.63) is 46.0 Å². The molecule has 0 saturated carbocycles. The molecule has 2 N–H and O–H groups in total. The maximum Gasteiger partial charge on any atom is 0.209 e. The van der Waals surface area contributed by atoms with Gasteiger partial charge >= 0.3 is 0 Å². The van der Waals surface area contributed by atoms with Crippen LogP contribution in [0.2, 0.25) is 10.0 Å². The van der Waals surface area contributed by atoms with Crippen LogP contribution >= 0.6 is 23.2 Å². The number of nitrogens with zero attached hydrogens (tertiary/aromatic N) is 4. The monoisotopic (exact) mass is 431 g/mol. The van der Waals surface area contributed by atoms with Gasteiger partial charge in [-0.05, 0) is 50.8 Å². The van der Waals surface area contributed by atoms with E-state index in [0.29, 0.717) is 45.8 Å². The van der Waals surface area contributed by atoms with Crippen molar-refractivity contribution in [1.82, 2.24) is 19.5 Å². The largest absolute Gasteiger partial charge is 0.378 e. The minimum atomic E-state index is -1.09. The molecule has 0 aliphatic carbocycles. The Kier molecular flexibility index (Phi) is 6.33. The summed E-state index contributed by atoms with van der Waals surface area (Å²) in [6.45, 7) is 8.13. The highest BCUT2D eigenvalue weighted by atomic mass is 35.5. The second-order valence-corrected chi connectivity index (χ2v) is 8.11. The lowest BCUT2D eigenvalue weighted by molar-refractivity contribution is 0.118. The zero-order chi connectivity index (χ0) is 21.2. The third-order valence-electron chi connectivity index (χ3n) is 4.55. The van der Waals surface area contributed by atoms with Crippen LogP contribution in [-0.2, 0) is 6.54 Å². The van der Waals surface area contributed by atoms with Gasteiger partial charge in [0.15, 0.2) is 17.0 Å². The van der Waals surface area contributed by atoms with Crippen LogP contribution in [0.25, 0.3) is 11.2 Å². The van der Waals surface area contributed by atoms with Gasteiger partial charge in [0.25, 0.3) is 0 Å². The Morgan fingerprint density at radius 3 is 2.66 bits per heavy atom. The molecule has 152 valence electrons. The highest BCUT2D eigenvalue weighted by molar-refractivity contribution is 6.42. The smallest absolute Gasteiger partial charge is 0.209 e. The van der Waals surface area contributed by atoms with Crippen LogP contribution in [0, 0.1) is 11.8 Å². The van der Waals surface area contributed by atoms with Gasteiger partial charge in [0, 0.05) is 12.6 Å². The molecule has 2 heterocycles. The van der Waals surface area contributed by atoms with E-state index in [9.17, 15) is 5.11 Å². The lowest BCUT2D eigenvalue weighted by Gasteiger charge is -2.12. The molecule has 0 radical (unpaired) electrons. The van der Waals surface area contributed by atoms with Gasteiger partial charge in [0.1, 0.15) is 5.60 Å². The third-order valence-corrected chi connectivity index (χ3v) is 5.29. The average molecular weight is 432 g/mol. The van der Waals surface area contributed by atoms with Crippen LogP contribution < -0.4 is 5.32 Å². The summed E-state index contributed by atoms with van der Waals surface area (Å²) in [6, 6.07) is 5.64. The highest BCUT2D eigenvalue weighted by Crippen LogP contribution is 2.25. The SMILES string of the molecule is CC[C@@](C)(O)C#Cc1nc(NCc2ccc(Cl)c(Cl)c2)c2ncn(C(C)C)c2n1. The van der Waals surface area contributed by atoms with E-state index in [0.717, 1.165) is 5.56 Å². The average Bonchev–Trinajstić information content (AvgIpc) is 3.11. The zero-order valence-electron chi connectivity index (χ0n) is 16.8. The van der Waals surface area contributed by atoms with Gasteiger partial charge in [-0.25, -0.2) is 15.0 Å². The molecule has 2 aromatic heterocycles. The van der Waals surface area contributed by atoms with Crippen molar-refractivity contribution in [2.75, 3.05) is 5.32 Å². The summed E-state index contributed by atoms with van der Waals surface area (Å²) >= 11 is 12.1. The second kappa shape index (κ2) is 8.58. The number of fused-ring (bicyclic) bond motifs is 1. The zero-order valence-corrected chi connectivity index (χ0v) is 18.3. The van der Waals surface area contributed by atoms with Gasteiger partial charge < -0.3 is 15.0 Å². The molecule has 1 atom stereocenters. The van der Waals surface area contributed by atoms with E-state index in [4.69, 9.17) is 23.2 Å². The van der Waals surface area contributed by atoms with Crippen LogP contribution in [0.5, 0.6) is 0 Å². The van der Waals surface area contributed by atoms with Crippen molar-refractivity contribution in [2.45, 2.75) is 52.3 Å². The molecule has 0 aliphatic heterocycles. The minimum absolute atomic E-state index is 0.178. The summed E-state index contributed by atoms with van der Waals surface area (Å²) in [5.41, 5.74) is 1.21. The number of anilines is 1. The molecule has 0 fully saturated rings. The lowest BCUT2D eigenvalue weighted by atomic mass is 10.1. The first-order valence-electron chi connectivity index (χ1n) is 9.38. The molecule has 3 rings (SSSR count). The summed E-state index contributed by atoms with van der Waals surface area (Å²) in [5.74, 6) is 6.63. The van der Waals surface area contributed by atoms with Crippen molar-refractivity contribution in [1.29, 1.82) is 0 Å². The van der Waals surface area contributed by atoms with Gasteiger partial charge in [0.2, 0.25) is 5.82 Å². The van der Waals surface area contributed by atoms with Crippen molar-refractivity contribution in [2.24, 2.45) is 0 Å². The first-order chi connectivity index (χ1) is 13.7. The number of hydrogen-bond acceptors (Lipinski definition) is 5. The molecule has 29 heavy (non-hydrogen) atoms. The van der Waals surface area contributed by atoms with Crippen molar-refractivity contribution in [3.63, 3.8) is 0 Å². The number of rotatable bonds is 5. The third kappa shape index (κ3) is 4.99. The predicted octanol–water partition coefficient (Wildman–Crippen LogP) is 4.84.